The lowest BCUT2D eigenvalue weighted by atomic mass is 10.0. The molecular formula is C21H27NO3. The van der Waals surface area contributed by atoms with Crippen LogP contribution in [0.2, 0.25) is 0 Å². The number of hydrogen-bond acceptors (Lipinski definition) is 3. The third kappa shape index (κ3) is 6.14. The number of aryl methyl sites for hydroxylation is 1. The van der Waals surface area contributed by atoms with Crippen LogP contribution in [0.15, 0.2) is 48.5 Å². The van der Waals surface area contributed by atoms with E-state index in [0.29, 0.717) is 19.4 Å². The molecule has 4 nitrogen and oxygen atoms in total. The number of amides is 1. The minimum atomic E-state index is 0.0245. The average Bonchev–Trinajstić information content (AvgIpc) is 2.65. The van der Waals surface area contributed by atoms with Gasteiger partial charge >= 0.3 is 0 Å². The first-order valence-electron chi connectivity index (χ1n) is 8.75. The Bertz CT molecular complexity index is 650. The molecule has 4 heteroatoms. The van der Waals surface area contributed by atoms with Crippen LogP contribution in [-0.2, 0) is 4.79 Å². The summed E-state index contributed by atoms with van der Waals surface area (Å²) in [5.74, 6) is 1.71. The van der Waals surface area contributed by atoms with Crippen LogP contribution < -0.4 is 14.8 Å². The van der Waals surface area contributed by atoms with Gasteiger partial charge in [-0.25, -0.2) is 0 Å². The van der Waals surface area contributed by atoms with E-state index in [0.717, 1.165) is 23.5 Å². The SMILES string of the molecule is CC[C@H](NC(=O)CCCOc1ccc(C)cc1)c1ccc(OC)cc1. The van der Waals surface area contributed by atoms with Crippen molar-refractivity contribution in [2.45, 2.75) is 39.2 Å². The maximum Gasteiger partial charge on any atom is 0.220 e. The summed E-state index contributed by atoms with van der Waals surface area (Å²) in [5.41, 5.74) is 2.29. The molecule has 0 fully saturated rings. The molecule has 0 bridgehead atoms. The fourth-order valence-electron chi connectivity index (χ4n) is 2.58. The van der Waals surface area contributed by atoms with Crippen molar-refractivity contribution in [2.75, 3.05) is 13.7 Å². The number of benzene rings is 2. The lowest BCUT2D eigenvalue weighted by Crippen LogP contribution is -2.28. The second-order valence-corrected chi connectivity index (χ2v) is 6.07. The van der Waals surface area contributed by atoms with Crippen LogP contribution in [0.3, 0.4) is 0 Å². The van der Waals surface area contributed by atoms with E-state index in [-0.39, 0.29) is 11.9 Å². The Balaban J connectivity index is 1.74. The highest BCUT2D eigenvalue weighted by Gasteiger charge is 2.12. The highest BCUT2D eigenvalue weighted by atomic mass is 16.5. The molecular weight excluding hydrogens is 314 g/mol. The minimum Gasteiger partial charge on any atom is -0.497 e. The van der Waals surface area contributed by atoms with Crippen molar-refractivity contribution in [1.29, 1.82) is 0 Å². The number of hydrogen-bond donors (Lipinski definition) is 1. The van der Waals surface area contributed by atoms with Gasteiger partial charge in [0.1, 0.15) is 11.5 Å². The summed E-state index contributed by atoms with van der Waals surface area (Å²) in [6, 6.07) is 15.8. The largest absolute Gasteiger partial charge is 0.497 e. The van der Waals surface area contributed by atoms with Crippen LogP contribution in [0, 0.1) is 6.92 Å². The van der Waals surface area contributed by atoms with Gasteiger partial charge in [-0.15, -0.1) is 0 Å². The van der Waals surface area contributed by atoms with Crippen molar-refractivity contribution >= 4 is 5.91 Å². The highest BCUT2D eigenvalue weighted by Crippen LogP contribution is 2.20. The van der Waals surface area contributed by atoms with E-state index in [2.05, 4.69) is 12.2 Å². The summed E-state index contributed by atoms with van der Waals surface area (Å²) in [4.78, 5) is 12.2. The summed E-state index contributed by atoms with van der Waals surface area (Å²) in [6.45, 7) is 4.65. The zero-order valence-corrected chi connectivity index (χ0v) is 15.2. The Kier molecular flexibility index (Phi) is 7.33. The molecule has 0 spiro atoms. The number of methoxy groups -OCH3 is 1. The minimum absolute atomic E-state index is 0.0245. The Hall–Kier alpha value is -2.49. The maximum absolute atomic E-state index is 12.2. The summed E-state index contributed by atoms with van der Waals surface area (Å²) < 4.78 is 10.8. The van der Waals surface area contributed by atoms with Gasteiger partial charge in [-0.3, -0.25) is 4.79 Å². The van der Waals surface area contributed by atoms with Gasteiger partial charge in [0.05, 0.1) is 19.8 Å². The van der Waals surface area contributed by atoms with E-state index in [9.17, 15) is 4.79 Å². The molecule has 0 saturated carbocycles. The molecule has 0 aliphatic heterocycles. The molecule has 0 heterocycles. The molecule has 0 aromatic heterocycles. The molecule has 0 aliphatic carbocycles. The van der Waals surface area contributed by atoms with Crippen molar-refractivity contribution in [1.82, 2.24) is 5.32 Å². The molecule has 134 valence electrons. The van der Waals surface area contributed by atoms with E-state index >= 15 is 0 Å². The number of nitrogens with one attached hydrogen (secondary N) is 1. The van der Waals surface area contributed by atoms with Crippen molar-refractivity contribution in [2.24, 2.45) is 0 Å². The predicted molar refractivity (Wildman–Crippen MR) is 100 cm³/mol. The quantitative estimate of drug-likeness (QED) is 0.686. The van der Waals surface area contributed by atoms with E-state index in [1.54, 1.807) is 7.11 Å². The fraction of sp³-hybridized carbons (Fsp3) is 0.381. The Morgan fingerprint density at radius 3 is 2.28 bits per heavy atom. The topological polar surface area (TPSA) is 47.6 Å². The predicted octanol–water partition coefficient (Wildman–Crippen LogP) is 4.43. The molecule has 0 aliphatic rings. The van der Waals surface area contributed by atoms with Gasteiger partial charge in [0.15, 0.2) is 0 Å². The first-order valence-corrected chi connectivity index (χ1v) is 8.75. The highest BCUT2D eigenvalue weighted by molar-refractivity contribution is 5.76. The van der Waals surface area contributed by atoms with Crippen LogP contribution in [0.5, 0.6) is 11.5 Å². The smallest absolute Gasteiger partial charge is 0.220 e. The van der Waals surface area contributed by atoms with Gasteiger partial charge in [0.25, 0.3) is 0 Å². The zero-order valence-electron chi connectivity index (χ0n) is 15.2. The molecule has 1 atom stereocenters. The van der Waals surface area contributed by atoms with Crippen LogP contribution in [0.4, 0.5) is 0 Å². The summed E-state index contributed by atoms with van der Waals surface area (Å²) in [7, 11) is 1.65. The maximum atomic E-state index is 12.2. The van der Waals surface area contributed by atoms with Gasteiger partial charge in [-0.05, 0) is 49.6 Å². The van der Waals surface area contributed by atoms with Crippen molar-refractivity contribution in [3.05, 3.63) is 59.7 Å². The summed E-state index contributed by atoms with van der Waals surface area (Å²) >= 11 is 0. The summed E-state index contributed by atoms with van der Waals surface area (Å²) in [6.07, 6.45) is 2.00. The number of carbonyl (C=O) groups is 1. The van der Waals surface area contributed by atoms with E-state index in [1.165, 1.54) is 5.56 Å². The normalized spacial score (nSPS) is 11.6. The molecule has 2 aromatic rings. The fourth-order valence-corrected chi connectivity index (χ4v) is 2.58. The third-order valence-corrected chi connectivity index (χ3v) is 4.10. The van der Waals surface area contributed by atoms with Crippen LogP contribution >= 0.6 is 0 Å². The second-order valence-electron chi connectivity index (χ2n) is 6.07. The number of ether oxygens (including phenoxy) is 2. The molecule has 0 radical (unpaired) electrons. The molecule has 0 unspecified atom stereocenters. The van der Waals surface area contributed by atoms with Gasteiger partial charge in [-0.2, -0.15) is 0 Å². The first-order chi connectivity index (χ1) is 12.1. The molecule has 2 rings (SSSR count). The van der Waals surface area contributed by atoms with E-state index in [4.69, 9.17) is 9.47 Å². The lowest BCUT2D eigenvalue weighted by Gasteiger charge is -2.18. The molecule has 2 aromatic carbocycles. The molecule has 1 amide bonds. The molecule has 0 saturated heterocycles. The zero-order chi connectivity index (χ0) is 18.1. The van der Waals surface area contributed by atoms with Gasteiger partial charge < -0.3 is 14.8 Å². The summed E-state index contributed by atoms with van der Waals surface area (Å²) in [5, 5.41) is 3.09. The van der Waals surface area contributed by atoms with Gasteiger partial charge in [-0.1, -0.05) is 36.8 Å². The average molecular weight is 341 g/mol. The van der Waals surface area contributed by atoms with Crippen LogP contribution in [0.25, 0.3) is 0 Å². The molecule has 1 N–H and O–H groups in total. The van der Waals surface area contributed by atoms with E-state index < -0.39 is 0 Å². The second kappa shape index (κ2) is 9.72. The number of rotatable bonds is 9. The first kappa shape index (κ1) is 18.8. The van der Waals surface area contributed by atoms with Gasteiger partial charge in [0, 0.05) is 6.42 Å². The van der Waals surface area contributed by atoms with Gasteiger partial charge in [0.2, 0.25) is 5.91 Å². The monoisotopic (exact) mass is 341 g/mol. The van der Waals surface area contributed by atoms with E-state index in [1.807, 2.05) is 55.5 Å². The van der Waals surface area contributed by atoms with Crippen molar-refractivity contribution in [3.63, 3.8) is 0 Å². The van der Waals surface area contributed by atoms with Crippen LogP contribution in [-0.4, -0.2) is 19.6 Å². The Morgan fingerprint density at radius 1 is 1.04 bits per heavy atom. The number of carbonyl (C=O) groups excluding carboxylic acids is 1. The van der Waals surface area contributed by atoms with Crippen molar-refractivity contribution < 1.29 is 14.3 Å². The Labute approximate surface area is 150 Å². The molecule has 25 heavy (non-hydrogen) atoms. The lowest BCUT2D eigenvalue weighted by molar-refractivity contribution is -0.122. The Morgan fingerprint density at radius 2 is 1.68 bits per heavy atom. The van der Waals surface area contributed by atoms with Crippen LogP contribution in [0.1, 0.15) is 43.4 Å². The standard InChI is InChI=1S/C21H27NO3/c1-4-20(17-9-13-18(24-3)14-10-17)22-21(23)6-5-15-25-19-11-7-16(2)8-12-19/h7-14,20H,4-6,15H2,1-3H3,(H,22,23)/t20-/m0/s1. The third-order valence-electron chi connectivity index (χ3n) is 4.10. The van der Waals surface area contributed by atoms with Crippen molar-refractivity contribution in [3.8, 4) is 11.5 Å².